The molecule has 3 atom stereocenters. The molecule has 10 heteroatoms. The molecule has 0 radical (unpaired) electrons. The molecule has 0 aliphatic heterocycles. The van der Waals surface area contributed by atoms with E-state index in [4.69, 9.17) is 13.8 Å². The number of nitrogens with zero attached hydrogens (tertiary/aromatic N) is 1. The topological polar surface area (TPSA) is 111 Å². The third-order valence-corrected chi connectivity index (χ3v) is 13.2. The zero-order valence-electron chi connectivity index (χ0n) is 44.6. The van der Waals surface area contributed by atoms with Crippen LogP contribution in [0.1, 0.15) is 252 Å². The maximum absolute atomic E-state index is 13.5. The smallest absolute Gasteiger partial charge is 0.456 e. The van der Waals surface area contributed by atoms with Crippen LogP contribution in [-0.4, -0.2) is 74.3 Å². The number of unbranched alkanes of at least 4 members (excludes halogenated alkanes) is 28. The molecule has 0 heterocycles. The molecule has 392 valence electrons. The van der Waals surface area contributed by atoms with Gasteiger partial charge in [0, 0.05) is 12.8 Å². The normalized spacial score (nSPS) is 14.2. The predicted octanol–water partition coefficient (Wildman–Crippen LogP) is 16.6. The number of likely N-dealkylation sites (N-methyl/N-ethyl adjacent to an activating group) is 1. The predicted molar refractivity (Wildman–Crippen MR) is 286 cm³/mol. The van der Waals surface area contributed by atoms with Gasteiger partial charge in [-0.05, 0) is 83.1 Å². The number of phosphoric acid groups is 1. The maximum Gasteiger partial charge on any atom is 0.472 e. The van der Waals surface area contributed by atoms with Crippen molar-refractivity contribution in [1.29, 1.82) is 0 Å². The largest absolute Gasteiger partial charge is 0.472 e. The van der Waals surface area contributed by atoms with Crippen molar-refractivity contribution in [1.82, 2.24) is 5.32 Å². The molecule has 1 amide bonds. The molecule has 9 nitrogen and oxygen atoms in total. The van der Waals surface area contributed by atoms with Crippen LogP contribution in [0.25, 0.3) is 0 Å². The van der Waals surface area contributed by atoms with Gasteiger partial charge in [0.2, 0.25) is 5.91 Å². The lowest BCUT2D eigenvalue weighted by Gasteiger charge is -2.27. The van der Waals surface area contributed by atoms with Gasteiger partial charge in [0.1, 0.15) is 19.3 Å². The van der Waals surface area contributed by atoms with E-state index in [9.17, 15) is 19.0 Å². The Bertz CT molecular complexity index is 1290. The van der Waals surface area contributed by atoms with Gasteiger partial charge < -0.3 is 19.4 Å². The number of allylic oxidation sites excluding steroid dienone is 7. The number of esters is 1. The highest BCUT2D eigenvalue weighted by Crippen LogP contribution is 2.43. The Morgan fingerprint density at radius 2 is 0.925 bits per heavy atom. The van der Waals surface area contributed by atoms with E-state index in [1.54, 1.807) is 0 Å². The van der Waals surface area contributed by atoms with Crippen molar-refractivity contribution in [2.24, 2.45) is 0 Å². The summed E-state index contributed by atoms with van der Waals surface area (Å²) in [6, 6.07) is -0.851. The first kappa shape index (κ1) is 65.0. The first-order valence-corrected chi connectivity index (χ1v) is 29.5. The summed E-state index contributed by atoms with van der Waals surface area (Å²) in [7, 11) is 1.49. The summed E-state index contributed by atoms with van der Waals surface area (Å²) in [6.07, 6.45) is 56.7. The third kappa shape index (κ3) is 48.8. The highest BCUT2D eigenvalue weighted by atomic mass is 31.2. The number of nitrogens with one attached hydrogen (secondary N) is 1. The van der Waals surface area contributed by atoms with E-state index in [0.717, 1.165) is 89.9 Å². The molecule has 0 aliphatic carbocycles. The SMILES string of the molecule is CCCC/C=C\CCCCCCCC(=O)OC(/C=C\CCCCCCCCCCC)C(COP(=O)(O)OCC[N+](C)(C)C)NC(=O)CCCCCCCCCCC/C=C\C/C=C\CCCCC. The van der Waals surface area contributed by atoms with Crippen LogP contribution in [-0.2, 0) is 27.9 Å². The van der Waals surface area contributed by atoms with Gasteiger partial charge in [0.05, 0.1) is 33.8 Å². The summed E-state index contributed by atoms with van der Waals surface area (Å²) in [5.74, 6) is -0.520. The van der Waals surface area contributed by atoms with Gasteiger partial charge in [0.25, 0.3) is 0 Å². The van der Waals surface area contributed by atoms with E-state index in [0.29, 0.717) is 17.4 Å². The molecule has 0 spiro atoms. The van der Waals surface area contributed by atoms with Gasteiger partial charge in [-0.3, -0.25) is 18.6 Å². The molecule has 0 aliphatic rings. The van der Waals surface area contributed by atoms with Crippen LogP contribution in [0.5, 0.6) is 0 Å². The maximum atomic E-state index is 13.5. The minimum Gasteiger partial charge on any atom is -0.456 e. The van der Waals surface area contributed by atoms with Crippen LogP contribution < -0.4 is 5.32 Å². The number of hydrogen-bond acceptors (Lipinski definition) is 6. The standard InChI is InChI=1S/C57H107N2O7P/c1-7-10-13-16-19-22-25-26-27-28-29-30-31-32-35-37-40-43-46-49-56(60)58-54(53-65-67(62,63)64-52-51-59(4,5)6)55(48-45-42-39-36-33-23-20-17-14-11-8-2)66-57(61)50-47-44-41-38-34-24-21-18-15-12-9-3/h18-19,21-22,26-27,45,48,54-55H,7-17,20,23-25,28-44,46-47,49-53H2,1-6H3,(H-,58,60,62,63)/p+1/b21-18-,22-19-,27-26-,48-45-. The van der Waals surface area contributed by atoms with E-state index < -0.39 is 20.0 Å². The van der Waals surface area contributed by atoms with E-state index in [2.05, 4.69) is 62.5 Å². The fourth-order valence-electron chi connectivity index (χ4n) is 7.83. The Labute approximate surface area is 414 Å². The van der Waals surface area contributed by atoms with E-state index in [-0.39, 0.29) is 31.5 Å². The van der Waals surface area contributed by atoms with Gasteiger partial charge in [-0.1, -0.05) is 205 Å². The fourth-order valence-corrected chi connectivity index (χ4v) is 8.57. The molecule has 0 aromatic heterocycles. The molecule has 0 bridgehead atoms. The summed E-state index contributed by atoms with van der Waals surface area (Å²) >= 11 is 0. The van der Waals surface area contributed by atoms with Gasteiger partial charge in [-0.15, -0.1) is 0 Å². The average Bonchev–Trinajstić information content (AvgIpc) is 3.28. The molecule has 3 unspecified atom stereocenters. The van der Waals surface area contributed by atoms with Crippen molar-refractivity contribution in [3.8, 4) is 0 Å². The highest BCUT2D eigenvalue weighted by molar-refractivity contribution is 7.47. The molecule has 0 rings (SSSR count). The number of quaternary nitrogens is 1. The summed E-state index contributed by atoms with van der Waals surface area (Å²) in [5.41, 5.74) is 0. The second-order valence-electron chi connectivity index (χ2n) is 20.1. The Morgan fingerprint density at radius 1 is 0.522 bits per heavy atom. The lowest BCUT2D eigenvalue weighted by molar-refractivity contribution is -0.870. The monoisotopic (exact) mass is 964 g/mol. The summed E-state index contributed by atoms with van der Waals surface area (Å²) in [5, 5.41) is 3.04. The second kappa shape index (κ2) is 47.6. The van der Waals surface area contributed by atoms with Crippen LogP contribution in [0.15, 0.2) is 48.6 Å². The Hall–Kier alpha value is -2.03. The van der Waals surface area contributed by atoms with Crippen molar-refractivity contribution < 1.29 is 37.3 Å². The molecule has 67 heavy (non-hydrogen) atoms. The minimum absolute atomic E-state index is 0.0379. The molecule has 0 saturated carbocycles. The zero-order valence-corrected chi connectivity index (χ0v) is 45.5. The summed E-state index contributed by atoms with van der Waals surface area (Å²) in [6.45, 7) is 6.93. The Kier molecular flexibility index (Phi) is 46.2. The highest BCUT2D eigenvalue weighted by Gasteiger charge is 2.30. The molecule has 0 saturated heterocycles. The summed E-state index contributed by atoms with van der Waals surface area (Å²) < 4.78 is 30.5. The van der Waals surface area contributed by atoms with Gasteiger partial charge in [-0.25, -0.2) is 4.57 Å². The number of amides is 1. The van der Waals surface area contributed by atoms with Crippen molar-refractivity contribution in [2.45, 2.75) is 264 Å². The average molecular weight is 964 g/mol. The number of carbonyl (C=O) groups is 2. The van der Waals surface area contributed by atoms with Crippen molar-refractivity contribution in [3.63, 3.8) is 0 Å². The van der Waals surface area contributed by atoms with E-state index in [1.165, 1.54) is 128 Å². The minimum atomic E-state index is -4.44. The molecule has 2 N–H and O–H groups in total. The molecule has 0 aromatic carbocycles. The quantitative estimate of drug-likeness (QED) is 0.0205. The van der Waals surface area contributed by atoms with Crippen LogP contribution in [0, 0.1) is 0 Å². The lowest BCUT2D eigenvalue weighted by atomic mass is 10.0. The first-order valence-electron chi connectivity index (χ1n) is 28.0. The van der Waals surface area contributed by atoms with Crippen molar-refractivity contribution >= 4 is 19.7 Å². The molecular formula is C57H108N2O7P+. The fraction of sp³-hybridized carbons (Fsp3) is 0.825. The van der Waals surface area contributed by atoms with Gasteiger partial charge in [0.15, 0.2) is 0 Å². The lowest BCUT2D eigenvalue weighted by Crippen LogP contribution is -2.47. The van der Waals surface area contributed by atoms with Crippen LogP contribution in [0.3, 0.4) is 0 Å². The van der Waals surface area contributed by atoms with Gasteiger partial charge >= 0.3 is 13.8 Å². The Morgan fingerprint density at radius 3 is 1.43 bits per heavy atom. The van der Waals surface area contributed by atoms with Crippen molar-refractivity contribution in [2.75, 3.05) is 40.9 Å². The first-order chi connectivity index (χ1) is 32.4. The molecular weight excluding hydrogens is 856 g/mol. The molecule has 0 fully saturated rings. The number of carbonyl (C=O) groups excluding carboxylic acids is 2. The van der Waals surface area contributed by atoms with E-state index >= 15 is 0 Å². The number of ether oxygens (including phenoxy) is 1. The zero-order chi connectivity index (χ0) is 49.4. The van der Waals surface area contributed by atoms with Crippen molar-refractivity contribution in [3.05, 3.63) is 48.6 Å². The third-order valence-electron chi connectivity index (χ3n) is 12.2. The van der Waals surface area contributed by atoms with Crippen LogP contribution in [0.2, 0.25) is 0 Å². The van der Waals surface area contributed by atoms with Crippen LogP contribution in [0.4, 0.5) is 0 Å². The number of hydrogen-bond donors (Lipinski definition) is 2. The molecule has 0 aromatic rings. The number of rotatable bonds is 50. The number of phosphoric ester groups is 1. The van der Waals surface area contributed by atoms with Crippen LogP contribution >= 0.6 is 7.82 Å². The second-order valence-corrected chi connectivity index (χ2v) is 21.6. The Balaban J connectivity index is 5.28. The van der Waals surface area contributed by atoms with Gasteiger partial charge in [-0.2, -0.15) is 0 Å². The van der Waals surface area contributed by atoms with E-state index in [1.807, 2.05) is 33.3 Å². The summed E-state index contributed by atoms with van der Waals surface area (Å²) in [4.78, 5) is 37.5.